The van der Waals surface area contributed by atoms with E-state index in [-0.39, 0.29) is 0 Å². The van der Waals surface area contributed by atoms with Crippen LogP contribution in [-0.4, -0.2) is 34.5 Å². The van der Waals surface area contributed by atoms with Gasteiger partial charge in [-0.1, -0.05) is 11.8 Å². The lowest BCUT2D eigenvalue weighted by molar-refractivity contribution is 0.866. The molecule has 0 aliphatic carbocycles. The summed E-state index contributed by atoms with van der Waals surface area (Å²) in [4.78, 5) is 6.42. The first-order chi connectivity index (χ1) is 9.76. The second-order valence-corrected chi connectivity index (χ2v) is 4.81. The van der Waals surface area contributed by atoms with Gasteiger partial charge in [-0.15, -0.1) is 15.3 Å². The maximum Gasteiger partial charge on any atom is 0.265 e. The zero-order valence-electron chi connectivity index (χ0n) is 11.9. The zero-order chi connectivity index (χ0) is 14.4. The number of hydrogen-bond acceptors (Lipinski definition) is 6. The molecular weight excluding hydrogens is 272 g/mol. The van der Waals surface area contributed by atoms with E-state index in [4.69, 9.17) is 0 Å². The van der Waals surface area contributed by atoms with Crippen molar-refractivity contribution < 1.29 is 0 Å². The molecule has 0 amide bonds. The summed E-state index contributed by atoms with van der Waals surface area (Å²) in [6, 6.07) is 8.00. The van der Waals surface area contributed by atoms with E-state index in [1.807, 2.05) is 18.4 Å². The smallest absolute Gasteiger partial charge is 0.265 e. The Labute approximate surface area is 122 Å². The number of rotatable bonds is 6. The van der Waals surface area contributed by atoms with Crippen LogP contribution >= 0.6 is 11.8 Å². The van der Waals surface area contributed by atoms with Gasteiger partial charge in [0.15, 0.2) is 0 Å². The van der Waals surface area contributed by atoms with Gasteiger partial charge in [0.05, 0.1) is 5.69 Å². The van der Waals surface area contributed by atoms with Gasteiger partial charge in [0.1, 0.15) is 0 Å². The molecule has 0 atom stereocenters. The predicted molar refractivity (Wildman–Crippen MR) is 82.3 cm³/mol. The summed E-state index contributed by atoms with van der Waals surface area (Å²) in [5.41, 5.74) is 1.99. The van der Waals surface area contributed by atoms with Gasteiger partial charge in [0, 0.05) is 18.8 Å². The molecule has 0 spiro atoms. The minimum Gasteiger partial charge on any atom is -0.372 e. The van der Waals surface area contributed by atoms with Gasteiger partial charge >= 0.3 is 0 Å². The number of nitrogens with one attached hydrogen (secondary N) is 1. The number of aromatic amines is 1. The molecule has 1 heterocycles. The molecule has 0 radical (unpaired) electrons. The summed E-state index contributed by atoms with van der Waals surface area (Å²) in [5.74, 6) is 0.419. The highest BCUT2D eigenvalue weighted by molar-refractivity contribution is 7.98. The number of anilines is 1. The average Bonchev–Trinajstić information content (AvgIpc) is 2.96. The van der Waals surface area contributed by atoms with Crippen LogP contribution in [0.2, 0.25) is 0 Å². The third kappa shape index (κ3) is 3.57. The van der Waals surface area contributed by atoms with Crippen LogP contribution in [0.15, 0.2) is 39.7 Å². The van der Waals surface area contributed by atoms with Crippen molar-refractivity contribution in [3.63, 3.8) is 0 Å². The van der Waals surface area contributed by atoms with Crippen LogP contribution in [0.1, 0.15) is 13.8 Å². The number of azo groups is 1. The molecule has 1 N–H and O–H groups in total. The monoisotopic (exact) mass is 290 g/mol. The minimum atomic E-state index is 0.419. The third-order valence-electron chi connectivity index (χ3n) is 2.87. The highest BCUT2D eigenvalue weighted by Gasteiger charge is 2.02. The fourth-order valence-corrected chi connectivity index (χ4v) is 2.11. The van der Waals surface area contributed by atoms with Gasteiger partial charge in [-0.05, 0) is 44.4 Å². The topological polar surface area (TPSA) is 69.5 Å². The molecule has 0 aliphatic rings. The van der Waals surface area contributed by atoms with Crippen molar-refractivity contribution in [2.24, 2.45) is 10.2 Å². The first-order valence-electron chi connectivity index (χ1n) is 6.50. The highest BCUT2D eigenvalue weighted by atomic mass is 32.2. The Hall–Kier alpha value is -1.89. The molecule has 106 valence electrons. The third-order valence-corrected chi connectivity index (χ3v) is 3.42. The molecule has 6 nitrogen and oxygen atoms in total. The maximum atomic E-state index is 4.14. The van der Waals surface area contributed by atoms with E-state index in [1.54, 1.807) is 0 Å². The summed E-state index contributed by atoms with van der Waals surface area (Å²) in [6.45, 7) is 6.27. The fourth-order valence-electron chi connectivity index (χ4n) is 1.80. The number of nitrogens with zero attached hydrogens (tertiary/aromatic N) is 5. The van der Waals surface area contributed by atoms with E-state index < -0.39 is 0 Å². The van der Waals surface area contributed by atoms with Gasteiger partial charge in [0.25, 0.3) is 5.95 Å². The van der Waals surface area contributed by atoms with Crippen LogP contribution in [-0.2, 0) is 0 Å². The van der Waals surface area contributed by atoms with Crippen LogP contribution in [0.25, 0.3) is 0 Å². The van der Waals surface area contributed by atoms with Crippen molar-refractivity contribution in [3.8, 4) is 0 Å². The number of aromatic nitrogens is 3. The number of H-pyrrole nitrogens is 1. The molecule has 2 rings (SSSR count). The molecule has 0 unspecified atom stereocenters. The fraction of sp³-hybridized carbons (Fsp3) is 0.385. The van der Waals surface area contributed by atoms with Crippen molar-refractivity contribution in [2.75, 3.05) is 24.2 Å². The largest absolute Gasteiger partial charge is 0.372 e. The minimum absolute atomic E-state index is 0.419. The Kier molecular flexibility index (Phi) is 5.11. The molecule has 1 aromatic carbocycles. The van der Waals surface area contributed by atoms with Crippen LogP contribution in [0, 0.1) is 0 Å². The second kappa shape index (κ2) is 7.04. The lowest BCUT2D eigenvalue weighted by atomic mass is 10.2. The molecule has 0 saturated heterocycles. The predicted octanol–water partition coefficient (Wildman–Crippen LogP) is 3.79. The highest BCUT2D eigenvalue weighted by Crippen LogP contribution is 2.21. The number of hydrogen-bond donors (Lipinski definition) is 1. The lowest BCUT2D eigenvalue weighted by Gasteiger charge is -2.20. The number of thioether (sulfide) groups is 1. The average molecular weight is 290 g/mol. The van der Waals surface area contributed by atoms with Crippen molar-refractivity contribution >= 4 is 29.1 Å². The van der Waals surface area contributed by atoms with E-state index in [0.29, 0.717) is 11.1 Å². The Morgan fingerprint density at radius 3 is 2.40 bits per heavy atom. The first-order valence-corrected chi connectivity index (χ1v) is 7.72. The summed E-state index contributed by atoms with van der Waals surface area (Å²) < 4.78 is 0. The summed E-state index contributed by atoms with van der Waals surface area (Å²) in [7, 11) is 0. The quantitative estimate of drug-likeness (QED) is 0.649. The van der Waals surface area contributed by atoms with E-state index in [0.717, 1.165) is 18.8 Å². The number of benzene rings is 1. The van der Waals surface area contributed by atoms with Crippen molar-refractivity contribution in [3.05, 3.63) is 24.3 Å². The molecular formula is C13H18N6S. The van der Waals surface area contributed by atoms with Crippen LogP contribution in [0.5, 0.6) is 0 Å². The Bertz CT molecular complexity index is 558. The SMILES string of the molecule is CCN(CC)c1ccc(N=Nc2nc(SC)n[nH]2)cc1. The standard InChI is InChI=1S/C13H18N6S/c1-4-19(5-2)11-8-6-10(7-9-11)15-16-12-14-13(20-3)18-17-12/h6-9H,4-5H2,1-3H3,(H,14,17,18). The Balaban J connectivity index is 2.06. The molecule has 0 saturated carbocycles. The lowest BCUT2D eigenvalue weighted by Crippen LogP contribution is -2.21. The molecule has 2 aromatic rings. The second-order valence-electron chi connectivity index (χ2n) is 4.03. The van der Waals surface area contributed by atoms with E-state index in [2.05, 4.69) is 56.3 Å². The van der Waals surface area contributed by atoms with Crippen molar-refractivity contribution in [2.45, 2.75) is 19.0 Å². The van der Waals surface area contributed by atoms with Crippen molar-refractivity contribution in [1.82, 2.24) is 15.2 Å². The molecule has 20 heavy (non-hydrogen) atoms. The van der Waals surface area contributed by atoms with Crippen LogP contribution in [0.3, 0.4) is 0 Å². The summed E-state index contributed by atoms with van der Waals surface area (Å²) in [6.07, 6.45) is 1.91. The van der Waals surface area contributed by atoms with Crippen LogP contribution < -0.4 is 4.90 Å². The molecule has 0 bridgehead atoms. The van der Waals surface area contributed by atoms with Crippen molar-refractivity contribution in [1.29, 1.82) is 0 Å². The van der Waals surface area contributed by atoms with Gasteiger partial charge in [-0.3, -0.25) is 0 Å². The van der Waals surface area contributed by atoms with E-state index >= 15 is 0 Å². The molecule has 0 aliphatic heterocycles. The summed E-state index contributed by atoms with van der Waals surface area (Å²) >= 11 is 1.46. The summed E-state index contributed by atoms with van der Waals surface area (Å²) in [5, 5.41) is 15.5. The van der Waals surface area contributed by atoms with Gasteiger partial charge in [-0.2, -0.15) is 4.98 Å². The van der Waals surface area contributed by atoms with E-state index in [9.17, 15) is 0 Å². The van der Waals surface area contributed by atoms with Gasteiger partial charge in [-0.25, -0.2) is 5.10 Å². The normalized spacial score (nSPS) is 11.2. The van der Waals surface area contributed by atoms with Gasteiger partial charge in [0.2, 0.25) is 5.16 Å². The maximum absolute atomic E-state index is 4.14. The van der Waals surface area contributed by atoms with E-state index in [1.165, 1.54) is 17.4 Å². The Morgan fingerprint density at radius 2 is 1.85 bits per heavy atom. The Morgan fingerprint density at radius 1 is 1.15 bits per heavy atom. The first kappa shape index (κ1) is 14.5. The zero-order valence-corrected chi connectivity index (χ0v) is 12.7. The molecule has 7 heteroatoms. The molecule has 1 aromatic heterocycles. The molecule has 0 fully saturated rings. The van der Waals surface area contributed by atoms with Crippen LogP contribution in [0.4, 0.5) is 17.3 Å². The van der Waals surface area contributed by atoms with Gasteiger partial charge < -0.3 is 4.90 Å².